The van der Waals surface area contributed by atoms with Gasteiger partial charge < -0.3 is 9.63 Å². The molecule has 0 saturated carbocycles. The van der Waals surface area contributed by atoms with Crippen molar-refractivity contribution in [3.05, 3.63) is 23.7 Å². The minimum absolute atomic E-state index is 0.238. The Labute approximate surface area is 92.0 Å². The number of aromatic nitrogens is 4. The second kappa shape index (κ2) is 3.14. The molecule has 0 bridgehead atoms. The second-order valence-electron chi connectivity index (χ2n) is 2.93. The van der Waals surface area contributed by atoms with Gasteiger partial charge in [-0.25, -0.2) is 9.78 Å². The number of fused-ring (bicyclic) bond motifs is 1. The Morgan fingerprint density at radius 2 is 2.44 bits per heavy atom. The zero-order valence-electron chi connectivity index (χ0n) is 7.69. The zero-order valence-corrected chi connectivity index (χ0v) is 8.51. The summed E-state index contributed by atoms with van der Waals surface area (Å²) in [5.41, 5.74) is 0.661. The fourth-order valence-electron chi connectivity index (χ4n) is 1.30. The van der Waals surface area contributed by atoms with Crippen LogP contribution in [-0.2, 0) is 0 Å². The van der Waals surface area contributed by atoms with Crippen LogP contribution in [0.3, 0.4) is 0 Å². The first kappa shape index (κ1) is 9.04. The Bertz CT molecular complexity index is 667. The first-order chi connectivity index (χ1) is 7.75. The van der Waals surface area contributed by atoms with Gasteiger partial charge in [0.15, 0.2) is 4.96 Å². The molecule has 0 saturated heterocycles. The highest BCUT2D eigenvalue weighted by molar-refractivity contribution is 7.15. The summed E-state index contributed by atoms with van der Waals surface area (Å²) in [4.78, 5) is 19.2. The highest BCUT2D eigenvalue weighted by atomic mass is 32.1. The van der Waals surface area contributed by atoms with Crippen molar-refractivity contribution in [2.75, 3.05) is 0 Å². The Kier molecular flexibility index (Phi) is 1.77. The van der Waals surface area contributed by atoms with E-state index in [2.05, 4.69) is 19.6 Å². The van der Waals surface area contributed by atoms with Gasteiger partial charge >= 0.3 is 11.9 Å². The Morgan fingerprint density at radius 1 is 1.56 bits per heavy atom. The number of rotatable bonds is 2. The van der Waals surface area contributed by atoms with Gasteiger partial charge in [-0.3, -0.25) is 4.40 Å². The van der Waals surface area contributed by atoms with E-state index in [4.69, 9.17) is 5.11 Å². The van der Waals surface area contributed by atoms with Crippen LogP contribution in [0.2, 0.25) is 0 Å². The molecule has 0 fully saturated rings. The van der Waals surface area contributed by atoms with Gasteiger partial charge in [-0.2, -0.15) is 4.98 Å². The lowest BCUT2D eigenvalue weighted by molar-refractivity contribution is 0.0643. The van der Waals surface area contributed by atoms with Crippen molar-refractivity contribution in [3.8, 4) is 11.5 Å². The SMILES string of the molecule is O=C(O)c1nc(-c2csc3nccn23)no1. The maximum Gasteiger partial charge on any atom is 0.394 e. The molecule has 7 nitrogen and oxygen atoms in total. The molecule has 8 heteroatoms. The number of carboxylic acids is 1. The predicted molar refractivity (Wildman–Crippen MR) is 53.3 cm³/mol. The van der Waals surface area contributed by atoms with Gasteiger partial charge in [-0.05, 0) is 0 Å². The smallest absolute Gasteiger partial charge is 0.394 e. The summed E-state index contributed by atoms with van der Waals surface area (Å²) in [6.07, 6.45) is 3.39. The molecule has 1 N–H and O–H groups in total. The summed E-state index contributed by atoms with van der Waals surface area (Å²) in [6, 6.07) is 0. The van der Waals surface area contributed by atoms with E-state index in [1.165, 1.54) is 11.3 Å². The van der Waals surface area contributed by atoms with E-state index in [1.807, 2.05) is 0 Å². The minimum Gasteiger partial charge on any atom is -0.474 e. The predicted octanol–water partition coefficient (Wildman–Crippen LogP) is 1.14. The first-order valence-electron chi connectivity index (χ1n) is 4.23. The molecule has 3 aromatic rings. The Balaban J connectivity index is 2.15. The van der Waals surface area contributed by atoms with Gasteiger partial charge in [0.05, 0.1) is 0 Å². The lowest BCUT2D eigenvalue weighted by atomic mass is 10.4. The normalized spacial score (nSPS) is 11.0. The fourth-order valence-corrected chi connectivity index (χ4v) is 2.13. The zero-order chi connectivity index (χ0) is 11.1. The van der Waals surface area contributed by atoms with Gasteiger partial charge in [0.25, 0.3) is 0 Å². The van der Waals surface area contributed by atoms with Crippen LogP contribution in [0.1, 0.15) is 10.7 Å². The van der Waals surface area contributed by atoms with E-state index in [0.29, 0.717) is 5.69 Å². The molecular formula is C8H4N4O3S. The van der Waals surface area contributed by atoms with Gasteiger partial charge in [-0.15, -0.1) is 11.3 Å². The van der Waals surface area contributed by atoms with Gasteiger partial charge in [0, 0.05) is 17.8 Å². The van der Waals surface area contributed by atoms with E-state index >= 15 is 0 Å². The molecule has 0 aliphatic heterocycles. The topological polar surface area (TPSA) is 93.5 Å². The Hall–Kier alpha value is -2.22. The van der Waals surface area contributed by atoms with Crippen molar-refractivity contribution in [3.63, 3.8) is 0 Å². The first-order valence-corrected chi connectivity index (χ1v) is 5.11. The quantitative estimate of drug-likeness (QED) is 0.717. The number of imidazole rings is 1. The van der Waals surface area contributed by atoms with E-state index in [9.17, 15) is 4.79 Å². The van der Waals surface area contributed by atoms with Crippen molar-refractivity contribution in [1.29, 1.82) is 0 Å². The third kappa shape index (κ3) is 1.20. The lowest BCUT2D eigenvalue weighted by Crippen LogP contribution is -1.95. The summed E-state index contributed by atoms with van der Waals surface area (Å²) in [5, 5.41) is 14.0. The van der Waals surface area contributed by atoms with Crippen molar-refractivity contribution < 1.29 is 14.4 Å². The number of carboxylic acid groups (broad SMARTS) is 1. The van der Waals surface area contributed by atoms with Crippen LogP contribution in [0, 0.1) is 0 Å². The maximum atomic E-state index is 10.6. The number of nitrogens with zero attached hydrogens (tertiary/aromatic N) is 4. The third-order valence-electron chi connectivity index (χ3n) is 1.98. The van der Waals surface area contributed by atoms with Crippen LogP contribution in [0.25, 0.3) is 16.5 Å². The van der Waals surface area contributed by atoms with Crippen LogP contribution in [0.5, 0.6) is 0 Å². The largest absolute Gasteiger partial charge is 0.474 e. The molecule has 3 heterocycles. The van der Waals surface area contributed by atoms with Crippen molar-refractivity contribution >= 4 is 22.3 Å². The number of carbonyl (C=O) groups is 1. The van der Waals surface area contributed by atoms with Crippen LogP contribution >= 0.6 is 11.3 Å². The molecule has 0 spiro atoms. The van der Waals surface area contributed by atoms with E-state index in [1.54, 1.807) is 22.2 Å². The highest BCUT2D eigenvalue weighted by Crippen LogP contribution is 2.22. The summed E-state index contributed by atoms with van der Waals surface area (Å²) < 4.78 is 6.35. The maximum absolute atomic E-state index is 10.6. The van der Waals surface area contributed by atoms with E-state index in [-0.39, 0.29) is 5.82 Å². The highest BCUT2D eigenvalue weighted by Gasteiger charge is 2.17. The van der Waals surface area contributed by atoms with Crippen molar-refractivity contribution in [2.45, 2.75) is 0 Å². The molecular weight excluding hydrogens is 232 g/mol. The van der Waals surface area contributed by atoms with Crippen molar-refractivity contribution in [1.82, 2.24) is 19.5 Å². The third-order valence-corrected chi connectivity index (χ3v) is 2.83. The van der Waals surface area contributed by atoms with Crippen LogP contribution in [0.15, 0.2) is 22.3 Å². The van der Waals surface area contributed by atoms with Crippen LogP contribution < -0.4 is 0 Å². The molecule has 3 aromatic heterocycles. The monoisotopic (exact) mass is 236 g/mol. The molecule has 0 atom stereocenters. The van der Waals surface area contributed by atoms with Gasteiger partial charge in [-0.1, -0.05) is 5.16 Å². The molecule has 0 amide bonds. The Morgan fingerprint density at radius 3 is 3.19 bits per heavy atom. The molecule has 0 aromatic carbocycles. The van der Waals surface area contributed by atoms with E-state index in [0.717, 1.165) is 4.96 Å². The molecule has 0 unspecified atom stereocenters. The molecule has 3 rings (SSSR count). The van der Waals surface area contributed by atoms with Crippen LogP contribution in [0.4, 0.5) is 0 Å². The minimum atomic E-state index is -1.24. The van der Waals surface area contributed by atoms with E-state index < -0.39 is 11.9 Å². The lowest BCUT2D eigenvalue weighted by Gasteiger charge is -1.88. The number of aromatic carboxylic acids is 1. The second-order valence-corrected chi connectivity index (χ2v) is 3.77. The standard InChI is InChI=1S/C8H4N4O3S/c13-7(14)6-10-5(11-15-6)4-3-16-8-9-1-2-12(4)8/h1-3H,(H,13,14). The number of hydrogen-bond acceptors (Lipinski definition) is 6. The molecule has 0 radical (unpaired) electrons. The van der Waals surface area contributed by atoms with Crippen molar-refractivity contribution in [2.24, 2.45) is 0 Å². The van der Waals surface area contributed by atoms with Gasteiger partial charge in [0.1, 0.15) is 5.69 Å². The summed E-state index contributed by atoms with van der Waals surface area (Å²) in [7, 11) is 0. The molecule has 0 aliphatic rings. The van der Waals surface area contributed by atoms with Crippen LogP contribution in [-0.4, -0.2) is 30.6 Å². The average Bonchev–Trinajstić information content (AvgIpc) is 2.92. The summed E-state index contributed by atoms with van der Waals surface area (Å²) >= 11 is 1.42. The molecule has 80 valence electrons. The average molecular weight is 236 g/mol. The fraction of sp³-hybridized carbons (Fsp3) is 0. The summed E-state index contributed by atoms with van der Waals surface area (Å²) in [6.45, 7) is 0. The number of hydrogen-bond donors (Lipinski definition) is 1. The number of thiazole rings is 1. The molecule has 0 aliphatic carbocycles. The molecule has 16 heavy (non-hydrogen) atoms. The summed E-state index contributed by atoms with van der Waals surface area (Å²) in [5.74, 6) is -1.42. The van der Waals surface area contributed by atoms with Gasteiger partial charge in [0.2, 0.25) is 5.82 Å².